The Labute approximate surface area is 95.8 Å². The summed E-state index contributed by atoms with van der Waals surface area (Å²) < 4.78 is 6.09. The molecule has 3 heterocycles. The van der Waals surface area contributed by atoms with E-state index in [1.165, 1.54) is 37.2 Å². The number of rotatable bonds is 0. The molecule has 1 N–H and O–H groups in total. The molecule has 1 spiro atoms. The minimum Gasteiger partial charge on any atom is -0.374 e. The van der Waals surface area contributed by atoms with E-state index in [-0.39, 0.29) is 5.60 Å². The maximum absolute atomic E-state index is 6.09. The van der Waals surface area contributed by atoms with Crippen LogP contribution < -0.4 is 5.32 Å². The van der Waals surface area contributed by atoms with Crippen LogP contribution in [-0.2, 0) is 4.74 Å². The lowest BCUT2D eigenvalue weighted by molar-refractivity contribution is -0.0670. The molecule has 0 aromatic rings. The van der Waals surface area contributed by atoms with Gasteiger partial charge in [-0.15, -0.1) is 0 Å². The van der Waals surface area contributed by atoms with Crippen molar-refractivity contribution in [2.24, 2.45) is 0 Å². The van der Waals surface area contributed by atoms with Gasteiger partial charge >= 0.3 is 0 Å². The van der Waals surface area contributed by atoms with Crippen molar-refractivity contribution in [1.82, 2.24) is 5.32 Å². The van der Waals surface area contributed by atoms with Gasteiger partial charge in [0.15, 0.2) is 0 Å². The average Bonchev–Trinajstić information content (AvgIpc) is 2.16. The Morgan fingerprint density at radius 3 is 2.60 bits per heavy atom. The Hall–Kier alpha value is 0.01000. The zero-order chi connectivity index (χ0) is 10.1. The molecule has 0 unspecified atom stereocenters. The van der Waals surface area contributed by atoms with E-state index in [1.54, 1.807) is 11.1 Å². The fourth-order valence-electron chi connectivity index (χ4n) is 2.79. The summed E-state index contributed by atoms with van der Waals surface area (Å²) in [6.45, 7) is 3.24. The minimum atomic E-state index is 0.238. The van der Waals surface area contributed by atoms with E-state index in [0.717, 1.165) is 19.7 Å². The minimum absolute atomic E-state index is 0.238. The molecular formula is C12H19NOS. The number of ether oxygens (including phenoxy) is 1. The first-order valence-electron chi connectivity index (χ1n) is 6.00. The molecule has 3 fully saturated rings. The van der Waals surface area contributed by atoms with Crippen LogP contribution in [0.1, 0.15) is 25.7 Å². The number of hydrogen-bond acceptors (Lipinski definition) is 3. The van der Waals surface area contributed by atoms with Crippen LogP contribution in [0.3, 0.4) is 0 Å². The molecule has 0 bridgehead atoms. The molecule has 0 aromatic carbocycles. The van der Waals surface area contributed by atoms with Gasteiger partial charge in [-0.25, -0.2) is 0 Å². The van der Waals surface area contributed by atoms with Crippen LogP contribution in [-0.4, -0.2) is 36.8 Å². The van der Waals surface area contributed by atoms with Gasteiger partial charge < -0.3 is 10.1 Å². The predicted octanol–water partition coefficient (Wildman–Crippen LogP) is 1.96. The Morgan fingerprint density at radius 1 is 1.13 bits per heavy atom. The number of hydrogen-bond donors (Lipinski definition) is 1. The van der Waals surface area contributed by atoms with E-state index in [2.05, 4.69) is 17.1 Å². The van der Waals surface area contributed by atoms with Crippen molar-refractivity contribution in [2.75, 3.05) is 31.2 Å². The molecule has 0 saturated carbocycles. The third kappa shape index (κ3) is 1.97. The summed E-state index contributed by atoms with van der Waals surface area (Å²) in [5.41, 5.74) is 3.63. The van der Waals surface area contributed by atoms with Crippen molar-refractivity contribution in [3.05, 3.63) is 11.1 Å². The Balaban J connectivity index is 1.74. The van der Waals surface area contributed by atoms with E-state index in [1.807, 2.05) is 0 Å². The summed E-state index contributed by atoms with van der Waals surface area (Å²) in [5.74, 6) is 2.59. The van der Waals surface area contributed by atoms with Crippen LogP contribution in [0.2, 0.25) is 0 Å². The maximum atomic E-state index is 6.09. The molecule has 0 atom stereocenters. The normalized spacial score (nSPS) is 30.4. The van der Waals surface area contributed by atoms with Crippen molar-refractivity contribution in [2.45, 2.75) is 31.3 Å². The summed E-state index contributed by atoms with van der Waals surface area (Å²) in [6.07, 6.45) is 4.94. The maximum Gasteiger partial charge on any atom is 0.0735 e. The molecule has 3 rings (SSSR count). The van der Waals surface area contributed by atoms with E-state index >= 15 is 0 Å². The topological polar surface area (TPSA) is 21.3 Å². The zero-order valence-corrected chi connectivity index (χ0v) is 10.00. The van der Waals surface area contributed by atoms with Crippen molar-refractivity contribution in [1.29, 1.82) is 0 Å². The van der Waals surface area contributed by atoms with Gasteiger partial charge in [0, 0.05) is 13.1 Å². The van der Waals surface area contributed by atoms with E-state index in [9.17, 15) is 0 Å². The third-order valence-electron chi connectivity index (χ3n) is 3.93. The second-order valence-electron chi connectivity index (χ2n) is 4.88. The van der Waals surface area contributed by atoms with Crippen LogP contribution in [0.5, 0.6) is 0 Å². The summed E-state index contributed by atoms with van der Waals surface area (Å²) in [7, 11) is 0. The highest BCUT2D eigenvalue weighted by molar-refractivity contribution is 7.99. The first kappa shape index (κ1) is 10.2. The van der Waals surface area contributed by atoms with Gasteiger partial charge in [0.25, 0.3) is 0 Å². The fraction of sp³-hybridized carbons (Fsp3) is 0.833. The summed E-state index contributed by atoms with van der Waals surface area (Å²) in [5, 5.41) is 3.35. The first-order chi connectivity index (χ1) is 7.38. The molecule has 0 aliphatic carbocycles. The van der Waals surface area contributed by atoms with Gasteiger partial charge in [-0.05, 0) is 42.8 Å². The van der Waals surface area contributed by atoms with Gasteiger partial charge in [0.2, 0.25) is 0 Å². The van der Waals surface area contributed by atoms with Gasteiger partial charge in [0.05, 0.1) is 12.2 Å². The molecule has 84 valence electrons. The van der Waals surface area contributed by atoms with E-state index < -0.39 is 0 Å². The highest BCUT2D eigenvalue weighted by Gasteiger charge is 2.37. The predicted molar refractivity (Wildman–Crippen MR) is 64.4 cm³/mol. The van der Waals surface area contributed by atoms with Gasteiger partial charge in [0.1, 0.15) is 0 Å². The van der Waals surface area contributed by atoms with Gasteiger partial charge in [-0.1, -0.05) is 5.57 Å². The molecule has 3 aliphatic heterocycles. The average molecular weight is 225 g/mol. The van der Waals surface area contributed by atoms with E-state index in [0.29, 0.717) is 0 Å². The van der Waals surface area contributed by atoms with Gasteiger partial charge in [-0.2, -0.15) is 11.8 Å². The van der Waals surface area contributed by atoms with Crippen LogP contribution in [0.15, 0.2) is 11.1 Å². The smallest absolute Gasteiger partial charge is 0.0735 e. The quantitative estimate of drug-likeness (QED) is 0.637. The molecule has 0 amide bonds. The molecular weight excluding hydrogens is 206 g/mol. The highest BCUT2D eigenvalue weighted by Crippen LogP contribution is 2.40. The second kappa shape index (κ2) is 4.11. The van der Waals surface area contributed by atoms with Crippen molar-refractivity contribution < 1.29 is 4.74 Å². The lowest BCUT2D eigenvalue weighted by Gasteiger charge is -2.42. The zero-order valence-electron chi connectivity index (χ0n) is 9.18. The molecule has 3 aliphatic rings. The Morgan fingerprint density at radius 2 is 1.93 bits per heavy atom. The highest BCUT2D eigenvalue weighted by atomic mass is 32.2. The lowest BCUT2D eigenvalue weighted by Crippen LogP contribution is -2.43. The lowest BCUT2D eigenvalue weighted by atomic mass is 9.82. The SMILES string of the molecule is C1CC(=C2CNC2)CC2(CCSCC2)O1. The largest absolute Gasteiger partial charge is 0.374 e. The molecule has 0 aromatic heterocycles. The molecule has 3 saturated heterocycles. The van der Waals surface area contributed by atoms with Crippen molar-refractivity contribution >= 4 is 11.8 Å². The van der Waals surface area contributed by atoms with Crippen molar-refractivity contribution in [3.8, 4) is 0 Å². The Bertz CT molecular complexity index is 270. The van der Waals surface area contributed by atoms with Crippen LogP contribution in [0.25, 0.3) is 0 Å². The number of nitrogens with one attached hydrogen (secondary N) is 1. The van der Waals surface area contributed by atoms with Crippen molar-refractivity contribution in [3.63, 3.8) is 0 Å². The Kier molecular flexibility index (Phi) is 2.79. The summed E-state index contributed by atoms with van der Waals surface area (Å²) in [4.78, 5) is 0. The third-order valence-corrected chi connectivity index (χ3v) is 4.91. The molecule has 3 heteroatoms. The van der Waals surface area contributed by atoms with Gasteiger partial charge in [-0.3, -0.25) is 0 Å². The standard InChI is InChI=1S/C12H19NOS/c1-4-14-12(2-5-15-6-3-12)7-10(1)11-8-13-9-11/h13H,1-9H2. The van der Waals surface area contributed by atoms with Crippen LogP contribution in [0, 0.1) is 0 Å². The first-order valence-corrected chi connectivity index (χ1v) is 7.16. The second-order valence-corrected chi connectivity index (χ2v) is 6.11. The monoisotopic (exact) mass is 225 g/mol. The fourth-order valence-corrected chi connectivity index (χ4v) is 4.02. The molecule has 15 heavy (non-hydrogen) atoms. The van der Waals surface area contributed by atoms with E-state index in [4.69, 9.17) is 4.74 Å². The molecule has 0 radical (unpaired) electrons. The van der Waals surface area contributed by atoms with Crippen LogP contribution in [0.4, 0.5) is 0 Å². The summed E-state index contributed by atoms with van der Waals surface area (Å²) >= 11 is 2.08. The summed E-state index contributed by atoms with van der Waals surface area (Å²) in [6, 6.07) is 0. The number of thioether (sulfide) groups is 1. The molecule has 2 nitrogen and oxygen atoms in total. The van der Waals surface area contributed by atoms with Crippen LogP contribution >= 0.6 is 11.8 Å².